The molecule has 23 heavy (non-hydrogen) atoms. The quantitative estimate of drug-likeness (QED) is 0.399. The maximum absolute atomic E-state index is 12.5. The Morgan fingerprint density at radius 3 is 2.22 bits per heavy atom. The fourth-order valence-corrected chi connectivity index (χ4v) is 5.11. The van der Waals surface area contributed by atoms with E-state index in [0.717, 1.165) is 25.3 Å². The predicted octanol–water partition coefficient (Wildman–Crippen LogP) is 1.77. The van der Waals surface area contributed by atoms with Crippen molar-refractivity contribution in [1.82, 2.24) is 5.32 Å². The van der Waals surface area contributed by atoms with Crippen molar-refractivity contribution >= 4 is 20.4 Å². The molecule has 0 saturated heterocycles. The molecule has 2 bridgehead atoms. The second kappa shape index (κ2) is 7.59. The van der Waals surface area contributed by atoms with Crippen molar-refractivity contribution in [2.75, 3.05) is 20.8 Å². The molecule has 1 amide bonds. The molecule has 2 N–H and O–H groups in total. The monoisotopic (exact) mass is 341 g/mol. The molecule has 3 rings (SSSR count). The van der Waals surface area contributed by atoms with Crippen LogP contribution in [0.3, 0.4) is 0 Å². The molecule has 130 valence electrons. The molecular formula is C16H27NO5Si. The molecule has 0 radical (unpaired) electrons. The van der Waals surface area contributed by atoms with E-state index in [1.54, 1.807) is 14.2 Å². The second-order valence-corrected chi connectivity index (χ2v) is 10.2. The molecule has 4 atom stereocenters. The first kappa shape index (κ1) is 18.2. The van der Waals surface area contributed by atoms with Crippen LogP contribution in [0.5, 0.6) is 0 Å². The first-order valence-corrected chi connectivity index (χ1v) is 10.7. The van der Waals surface area contributed by atoms with Crippen molar-refractivity contribution in [3.8, 4) is 0 Å². The summed E-state index contributed by atoms with van der Waals surface area (Å²) in [5.74, 6) is -1.97. The summed E-state index contributed by atoms with van der Waals surface area (Å²) in [6.07, 6.45) is 6.54. The maximum Gasteiger partial charge on any atom is 0.334 e. The minimum absolute atomic E-state index is 0.00840. The number of carboxylic acid groups (broad SMARTS) is 1. The van der Waals surface area contributed by atoms with Crippen LogP contribution in [0.1, 0.15) is 19.3 Å². The normalized spacial score (nSPS) is 29.5. The smallest absolute Gasteiger partial charge is 0.334 e. The van der Waals surface area contributed by atoms with Crippen LogP contribution < -0.4 is 5.32 Å². The molecule has 6 nitrogen and oxygen atoms in total. The summed E-state index contributed by atoms with van der Waals surface area (Å²) in [6.45, 7) is 2.51. The van der Waals surface area contributed by atoms with E-state index in [-0.39, 0.29) is 17.7 Å². The molecule has 3 aliphatic carbocycles. The highest BCUT2D eigenvalue weighted by Gasteiger charge is 2.48. The van der Waals surface area contributed by atoms with E-state index in [1.165, 1.54) is 0 Å². The Morgan fingerprint density at radius 2 is 1.74 bits per heavy atom. The first-order chi connectivity index (χ1) is 10.9. The highest BCUT2D eigenvalue weighted by molar-refractivity contribution is 6.65. The Labute approximate surface area is 138 Å². The molecule has 3 aliphatic rings. The summed E-state index contributed by atoms with van der Waals surface area (Å²) >= 11 is 0. The van der Waals surface area contributed by atoms with Gasteiger partial charge in [0.25, 0.3) is 0 Å². The number of hydrogen-bond acceptors (Lipinski definition) is 4. The number of allylic oxidation sites excluding steroid dienone is 2. The van der Waals surface area contributed by atoms with Crippen LogP contribution in [0.15, 0.2) is 12.2 Å². The van der Waals surface area contributed by atoms with Crippen molar-refractivity contribution < 1.29 is 23.5 Å². The van der Waals surface area contributed by atoms with Crippen molar-refractivity contribution in [2.24, 2.45) is 23.7 Å². The molecule has 1 saturated carbocycles. The van der Waals surface area contributed by atoms with Gasteiger partial charge in [0.15, 0.2) is 0 Å². The molecule has 0 spiro atoms. The summed E-state index contributed by atoms with van der Waals surface area (Å²) in [5.41, 5.74) is 0. The van der Waals surface area contributed by atoms with E-state index in [4.69, 9.17) is 8.85 Å². The van der Waals surface area contributed by atoms with Gasteiger partial charge in [0.05, 0.1) is 11.8 Å². The number of rotatable bonds is 8. The molecule has 4 unspecified atom stereocenters. The molecule has 0 heterocycles. The number of carbonyl (C=O) groups excluding carboxylic acids is 1. The van der Waals surface area contributed by atoms with Crippen LogP contribution in [0.4, 0.5) is 0 Å². The zero-order valence-electron chi connectivity index (χ0n) is 14.1. The van der Waals surface area contributed by atoms with Crippen LogP contribution in [-0.2, 0) is 18.4 Å². The van der Waals surface area contributed by atoms with E-state index < -0.39 is 26.4 Å². The first-order valence-electron chi connectivity index (χ1n) is 8.21. The van der Waals surface area contributed by atoms with Gasteiger partial charge < -0.3 is 19.3 Å². The third-order valence-electron chi connectivity index (χ3n) is 5.31. The lowest BCUT2D eigenvalue weighted by molar-refractivity contribution is -0.152. The SMILES string of the molecule is CO[Si](C)(CCCNC(=O)C1C2C=CC(CC2)C1C(=O)O)OC. The lowest BCUT2D eigenvalue weighted by atomic mass is 9.62. The van der Waals surface area contributed by atoms with Crippen LogP contribution >= 0.6 is 0 Å². The lowest BCUT2D eigenvalue weighted by Crippen LogP contribution is -2.49. The Balaban J connectivity index is 1.88. The van der Waals surface area contributed by atoms with Gasteiger partial charge in [0.2, 0.25) is 5.91 Å². The van der Waals surface area contributed by atoms with Crippen molar-refractivity contribution in [3.05, 3.63) is 12.2 Å². The largest absolute Gasteiger partial charge is 0.481 e. The lowest BCUT2D eigenvalue weighted by Gasteiger charge is -2.41. The molecule has 1 fully saturated rings. The molecule has 7 heteroatoms. The fraction of sp³-hybridized carbons (Fsp3) is 0.750. The zero-order valence-corrected chi connectivity index (χ0v) is 15.1. The molecule has 0 aromatic heterocycles. The molecular weight excluding hydrogens is 314 g/mol. The Hall–Kier alpha value is -1.18. The van der Waals surface area contributed by atoms with Crippen molar-refractivity contribution in [3.63, 3.8) is 0 Å². The van der Waals surface area contributed by atoms with Gasteiger partial charge in [-0.2, -0.15) is 0 Å². The minimum atomic E-state index is -2.11. The van der Waals surface area contributed by atoms with Gasteiger partial charge in [-0.3, -0.25) is 9.59 Å². The van der Waals surface area contributed by atoms with Gasteiger partial charge in [-0.15, -0.1) is 0 Å². The van der Waals surface area contributed by atoms with E-state index >= 15 is 0 Å². The van der Waals surface area contributed by atoms with Crippen LogP contribution in [0.2, 0.25) is 12.6 Å². The summed E-state index contributed by atoms with van der Waals surface area (Å²) in [6, 6.07) is 0.791. The van der Waals surface area contributed by atoms with Gasteiger partial charge in [-0.1, -0.05) is 12.2 Å². The molecule has 0 aromatic carbocycles. The third-order valence-corrected chi connectivity index (χ3v) is 8.30. The standard InChI is InChI=1S/C16H27NO5Si/c1-21-23(3,22-2)10-4-9-17-15(18)13-11-5-7-12(8-6-11)14(13)16(19)20/h5,7,11-14H,4,6,8-10H2,1-3H3,(H,17,18)(H,19,20). The third kappa shape index (κ3) is 4.02. The number of aliphatic carboxylic acids is 1. The van der Waals surface area contributed by atoms with Crippen LogP contribution in [-0.4, -0.2) is 46.3 Å². The number of amides is 1. The number of carbonyl (C=O) groups is 2. The van der Waals surface area contributed by atoms with Crippen LogP contribution in [0, 0.1) is 23.7 Å². The van der Waals surface area contributed by atoms with Gasteiger partial charge in [-0.25, -0.2) is 0 Å². The minimum Gasteiger partial charge on any atom is -0.481 e. The van der Waals surface area contributed by atoms with Gasteiger partial charge >= 0.3 is 14.5 Å². The van der Waals surface area contributed by atoms with Crippen molar-refractivity contribution in [2.45, 2.75) is 31.9 Å². The molecule has 0 aromatic rings. The Bertz CT molecular complexity index is 477. The average molecular weight is 341 g/mol. The topological polar surface area (TPSA) is 84.9 Å². The van der Waals surface area contributed by atoms with E-state index in [9.17, 15) is 14.7 Å². The van der Waals surface area contributed by atoms with E-state index in [1.807, 2.05) is 18.7 Å². The van der Waals surface area contributed by atoms with Gasteiger partial charge in [-0.05, 0) is 43.7 Å². The van der Waals surface area contributed by atoms with Gasteiger partial charge in [0.1, 0.15) is 0 Å². The number of hydrogen-bond donors (Lipinski definition) is 2. The van der Waals surface area contributed by atoms with E-state index in [0.29, 0.717) is 6.54 Å². The van der Waals surface area contributed by atoms with E-state index in [2.05, 4.69) is 5.32 Å². The van der Waals surface area contributed by atoms with Crippen LogP contribution in [0.25, 0.3) is 0 Å². The number of fused-ring (bicyclic) bond motifs is 2. The maximum atomic E-state index is 12.5. The summed E-state index contributed by atoms with van der Waals surface area (Å²) in [7, 11) is 1.19. The van der Waals surface area contributed by atoms with Crippen molar-refractivity contribution in [1.29, 1.82) is 0 Å². The number of carboxylic acids is 1. The summed E-state index contributed by atoms with van der Waals surface area (Å²) < 4.78 is 10.8. The highest BCUT2D eigenvalue weighted by Crippen LogP contribution is 2.45. The van der Waals surface area contributed by atoms with Gasteiger partial charge in [0, 0.05) is 20.8 Å². The Kier molecular flexibility index (Phi) is 5.99. The number of nitrogens with one attached hydrogen (secondary N) is 1. The fourth-order valence-electron chi connectivity index (χ4n) is 3.71. The molecule has 0 aliphatic heterocycles. The average Bonchev–Trinajstić information content (AvgIpc) is 2.58. The summed E-state index contributed by atoms with van der Waals surface area (Å²) in [5, 5.41) is 12.4. The second-order valence-electron chi connectivity index (χ2n) is 6.62. The summed E-state index contributed by atoms with van der Waals surface area (Å²) in [4.78, 5) is 24.1. The highest BCUT2D eigenvalue weighted by atomic mass is 28.4. The predicted molar refractivity (Wildman–Crippen MR) is 88.0 cm³/mol. The zero-order chi connectivity index (χ0) is 17.0. The Morgan fingerprint density at radius 1 is 1.17 bits per heavy atom.